The van der Waals surface area contributed by atoms with Gasteiger partial charge in [0.2, 0.25) is 0 Å². The number of rotatable bonds is 6. The molecule has 12 heteroatoms. The van der Waals surface area contributed by atoms with Crippen LogP contribution in [0.4, 0.5) is 18.9 Å². The van der Waals surface area contributed by atoms with Crippen LogP contribution in [0.15, 0.2) is 71.9 Å². The number of pyridine rings is 1. The van der Waals surface area contributed by atoms with Crippen LogP contribution in [0.3, 0.4) is 0 Å². The van der Waals surface area contributed by atoms with Crippen LogP contribution < -0.4 is 9.46 Å². The average molecular weight is 480 g/mol. The van der Waals surface area contributed by atoms with Gasteiger partial charge in [-0.15, -0.1) is 0 Å². The van der Waals surface area contributed by atoms with Gasteiger partial charge in [-0.2, -0.15) is 13.2 Å². The predicted octanol–water partition coefficient (Wildman–Crippen LogP) is 3.80. The Bertz CT molecular complexity index is 1290. The first-order chi connectivity index (χ1) is 15.5. The van der Waals surface area contributed by atoms with Crippen molar-refractivity contribution >= 4 is 27.6 Å². The van der Waals surface area contributed by atoms with E-state index in [-0.39, 0.29) is 10.6 Å². The summed E-state index contributed by atoms with van der Waals surface area (Å²) in [7, 11) is -3.22. The highest BCUT2D eigenvalue weighted by Crippen LogP contribution is 2.29. The third-order valence-electron chi connectivity index (χ3n) is 4.23. The van der Waals surface area contributed by atoms with Crippen LogP contribution in [-0.4, -0.2) is 38.6 Å². The van der Waals surface area contributed by atoms with E-state index in [1.165, 1.54) is 18.2 Å². The van der Waals surface area contributed by atoms with E-state index in [2.05, 4.69) is 19.2 Å². The molecule has 0 amide bonds. The van der Waals surface area contributed by atoms with Gasteiger partial charge >= 0.3 is 18.1 Å². The summed E-state index contributed by atoms with van der Waals surface area (Å²) >= 11 is 0. The number of halogens is 3. The van der Waals surface area contributed by atoms with Gasteiger partial charge in [0.05, 0.1) is 17.7 Å². The molecule has 0 aliphatic heterocycles. The van der Waals surface area contributed by atoms with Crippen LogP contribution in [0.5, 0.6) is 5.75 Å². The van der Waals surface area contributed by atoms with Crippen molar-refractivity contribution in [1.29, 1.82) is 0 Å². The smallest absolute Gasteiger partial charge is 0.465 e. The van der Waals surface area contributed by atoms with Crippen molar-refractivity contribution in [2.75, 3.05) is 11.8 Å². The molecule has 0 radical (unpaired) electrons. The number of alkyl halides is 3. The number of anilines is 1. The number of nitrogens with zero attached hydrogens (tertiary/aromatic N) is 1. The van der Waals surface area contributed by atoms with Crippen molar-refractivity contribution in [3.8, 4) is 16.9 Å². The first kappa shape index (κ1) is 23.7. The summed E-state index contributed by atoms with van der Waals surface area (Å²) in [5.74, 6) is -4.49. The molecule has 3 aromatic rings. The fourth-order valence-corrected chi connectivity index (χ4v) is 3.80. The molecule has 33 heavy (non-hydrogen) atoms. The minimum Gasteiger partial charge on any atom is -0.465 e. The first-order valence-electron chi connectivity index (χ1n) is 9.06. The number of aromatic nitrogens is 1. The Labute approximate surface area is 186 Å². The summed E-state index contributed by atoms with van der Waals surface area (Å²) in [4.78, 5) is 26.8. The molecule has 0 aliphatic carbocycles. The Morgan fingerprint density at radius 1 is 0.970 bits per heavy atom. The first-order valence-corrected chi connectivity index (χ1v) is 10.5. The Hall–Kier alpha value is -3.93. The highest BCUT2D eigenvalue weighted by Gasteiger charge is 2.42. The van der Waals surface area contributed by atoms with Crippen molar-refractivity contribution in [2.24, 2.45) is 0 Å². The number of carbonyl (C=O) groups is 2. The molecule has 0 atom stereocenters. The quantitative estimate of drug-likeness (QED) is 0.422. The van der Waals surface area contributed by atoms with Gasteiger partial charge in [0, 0.05) is 18.5 Å². The highest BCUT2D eigenvalue weighted by molar-refractivity contribution is 7.92. The van der Waals surface area contributed by atoms with E-state index in [4.69, 9.17) is 0 Å². The molecule has 2 aromatic carbocycles. The molecule has 0 unspecified atom stereocenters. The number of benzene rings is 2. The Balaban J connectivity index is 1.94. The molecule has 1 heterocycles. The average Bonchev–Trinajstić information content (AvgIpc) is 2.78. The van der Waals surface area contributed by atoms with Crippen molar-refractivity contribution in [2.45, 2.75) is 11.1 Å². The Kier molecular flexibility index (Phi) is 6.68. The van der Waals surface area contributed by atoms with E-state index >= 15 is 0 Å². The number of hydrogen-bond acceptors (Lipinski definition) is 7. The van der Waals surface area contributed by atoms with Crippen LogP contribution >= 0.6 is 0 Å². The second-order valence-electron chi connectivity index (χ2n) is 6.46. The monoisotopic (exact) mass is 480 g/mol. The fourth-order valence-electron chi connectivity index (χ4n) is 2.71. The zero-order valence-corrected chi connectivity index (χ0v) is 17.6. The van der Waals surface area contributed by atoms with Crippen molar-refractivity contribution in [1.82, 2.24) is 4.98 Å². The molecular weight excluding hydrogens is 465 g/mol. The second kappa shape index (κ2) is 9.28. The second-order valence-corrected chi connectivity index (χ2v) is 8.14. The lowest BCUT2D eigenvalue weighted by Crippen LogP contribution is -2.28. The summed E-state index contributed by atoms with van der Waals surface area (Å²) in [5.41, 5.74) is 0.548. The maximum Gasteiger partial charge on any atom is 0.491 e. The van der Waals surface area contributed by atoms with Gasteiger partial charge in [-0.25, -0.2) is 18.0 Å². The Morgan fingerprint density at radius 3 is 2.30 bits per heavy atom. The number of ether oxygens (including phenoxy) is 2. The van der Waals surface area contributed by atoms with Crippen molar-refractivity contribution in [3.63, 3.8) is 0 Å². The molecule has 8 nitrogen and oxygen atoms in total. The number of carbonyl (C=O) groups excluding carboxylic acids is 2. The van der Waals surface area contributed by atoms with E-state index in [1.54, 1.807) is 30.6 Å². The van der Waals surface area contributed by atoms with Crippen molar-refractivity contribution < 1.29 is 40.7 Å². The molecular formula is C21H15F3N2O6S. The minimum absolute atomic E-state index is 0.136. The highest BCUT2D eigenvalue weighted by atomic mass is 32.2. The standard InChI is InChI=1S/C21H15F3N2O6S/c1-31-19(27)17-6-5-15(12-18(17)32-20(28)21(22,23)24)26-33(29,30)16-4-2-3-14(11-16)13-7-9-25-10-8-13/h2-12,26H,1H3. The lowest BCUT2D eigenvalue weighted by atomic mass is 10.1. The summed E-state index contributed by atoms with van der Waals surface area (Å²) in [6.45, 7) is 0. The van der Waals surface area contributed by atoms with Crippen LogP contribution in [-0.2, 0) is 19.6 Å². The zero-order chi connectivity index (χ0) is 24.2. The molecule has 1 N–H and O–H groups in total. The topological polar surface area (TPSA) is 112 Å². The molecule has 0 saturated heterocycles. The van der Waals surface area contributed by atoms with Crippen LogP contribution in [0.1, 0.15) is 10.4 Å². The lowest BCUT2D eigenvalue weighted by molar-refractivity contribution is -0.189. The fraction of sp³-hybridized carbons (Fsp3) is 0.0952. The van der Waals surface area contributed by atoms with Gasteiger partial charge < -0.3 is 9.47 Å². The van der Waals surface area contributed by atoms with Crippen LogP contribution in [0, 0.1) is 0 Å². The molecule has 1 aromatic heterocycles. The number of sulfonamides is 1. The third kappa shape index (κ3) is 5.66. The maximum absolute atomic E-state index is 12.9. The van der Waals surface area contributed by atoms with E-state index in [0.29, 0.717) is 11.1 Å². The number of methoxy groups -OCH3 is 1. The Morgan fingerprint density at radius 2 is 1.67 bits per heavy atom. The largest absolute Gasteiger partial charge is 0.491 e. The van der Waals surface area contributed by atoms with Crippen LogP contribution in [0.25, 0.3) is 11.1 Å². The third-order valence-corrected chi connectivity index (χ3v) is 5.61. The lowest BCUT2D eigenvalue weighted by Gasteiger charge is -2.14. The van der Waals surface area contributed by atoms with E-state index in [1.807, 2.05) is 0 Å². The van der Waals surface area contributed by atoms with Crippen molar-refractivity contribution in [3.05, 3.63) is 72.6 Å². The van der Waals surface area contributed by atoms with Gasteiger partial charge in [0.25, 0.3) is 10.0 Å². The predicted molar refractivity (Wildman–Crippen MR) is 110 cm³/mol. The van der Waals surface area contributed by atoms with E-state index in [0.717, 1.165) is 25.3 Å². The van der Waals surface area contributed by atoms with Gasteiger partial charge in [-0.3, -0.25) is 9.71 Å². The summed E-state index contributed by atoms with van der Waals surface area (Å²) < 4.78 is 74.4. The molecule has 0 saturated carbocycles. The summed E-state index contributed by atoms with van der Waals surface area (Å²) in [6.07, 6.45) is -2.25. The molecule has 3 rings (SSSR count). The van der Waals surface area contributed by atoms with Crippen LogP contribution in [0.2, 0.25) is 0 Å². The van der Waals surface area contributed by atoms with E-state index < -0.39 is 39.5 Å². The number of nitrogens with one attached hydrogen (secondary N) is 1. The minimum atomic E-state index is -5.34. The summed E-state index contributed by atoms with van der Waals surface area (Å²) in [6, 6.07) is 12.1. The molecule has 0 aliphatic rings. The maximum atomic E-state index is 12.9. The van der Waals surface area contributed by atoms with Gasteiger partial charge in [-0.1, -0.05) is 12.1 Å². The molecule has 0 fully saturated rings. The SMILES string of the molecule is COC(=O)c1ccc(NS(=O)(=O)c2cccc(-c3ccncc3)c2)cc1OC(=O)C(F)(F)F. The number of esters is 2. The van der Waals surface area contributed by atoms with Gasteiger partial charge in [0.15, 0.2) is 0 Å². The molecule has 0 spiro atoms. The van der Waals surface area contributed by atoms with E-state index in [9.17, 15) is 31.2 Å². The van der Waals surface area contributed by atoms with Gasteiger partial charge in [0.1, 0.15) is 11.3 Å². The van der Waals surface area contributed by atoms with Gasteiger partial charge in [-0.05, 0) is 47.5 Å². The molecule has 172 valence electrons. The summed E-state index contributed by atoms with van der Waals surface area (Å²) in [5, 5.41) is 0. The number of hydrogen-bond donors (Lipinski definition) is 1. The zero-order valence-electron chi connectivity index (χ0n) is 16.8. The normalized spacial score (nSPS) is 11.5. The molecule has 0 bridgehead atoms.